The molecular weight excluding hydrogens is 178 g/mol. The Bertz CT molecular complexity index is 201. The zero-order valence-corrected chi connectivity index (χ0v) is 11.0. The average Bonchev–Trinajstić information content (AvgIpc) is 2.01. The fraction of sp³-hybridized carbons (Fsp3) is 0.846. The van der Waals surface area contributed by atoms with Crippen molar-refractivity contribution in [3.63, 3.8) is 0 Å². The van der Waals surface area contributed by atoms with Gasteiger partial charge in [0.05, 0.1) is 15.7 Å². The molecule has 0 aliphatic rings. The molecule has 0 aromatic heterocycles. The Morgan fingerprint density at radius 1 is 1.13 bits per heavy atom. The van der Waals surface area contributed by atoms with Crippen LogP contribution < -0.4 is 0 Å². The minimum atomic E-state index is -0.595. The Balaban J connectivity index is 4.39. The van der Waals surface area contributed by atoms with E-state index >= 15 is 0 Å². The lowest BCUT2D eigenvalue weighted by Gasteiger charge is -2.43. The molecule has 2 unspecified atom stereocenters. The summed E-state index contributed by atoms with van der Waals surface area (Å²) in [6, 6.07) is 0. The standard InChI is InChI=1S/C13H24B2/c1-7-8-10(2)11(3)9-13(14,15)12(4,5)6/h7,10-11H,1,8-9H2,2-6H3. The number of hydrogen-bond acceptors (Lipinski definition) is 0. The SMILES string of the molecule is [B]C([B])(CC(C)C(C)CC=C)C(C)(C)C. The molecule has 0 aromatic rings. The van der Waals surface area contributed by atoms with Gasteiger partial charge in [-0.3, -0.25) is 0 Å². The van der Waals surface area contributed by atoms with Crippen LogP contribution in [0, 0.1) is 17.3 Å². The molecule has 0 spiro atoms. The lowest BCUT2D eigenvalue weighted by atomic mass is 9.41. The van der Waals surface area contributed by atoms with Crippen molar-refractivity contribution in [1.82, 2.24) is 0 Å². The molecule has 0 aliphatic heterocycles. The second-order valence-corrected chi connectivity index (χ2v) is 5.97. The first kappa shape index (κ1) is 14.9. The van der Waals surface area contributed by atoms with Crippen molar-refractivity contribution in [2.45, 2.75) is 52.7 Å². The molecule has 15 heavy (non-hydrogen) atoms. The second kappa shape index (κ2) is 5.27. The van der Waals surface area contributed by atoms with Crippen LogP contribution in [0.1, 0.15) is 47.5 Å². The Hall–Kier alpha value is -0.130. The molecule has 2 atom stereocenters. The highest BCUT2D eigenvalue weighted by Gasteiger charge is 2.33. The summed E-state index contributed by atoms with van der Waals surface area (Å²) in [7, 11) is 12.4. The summed E-state index contributed by atoms with van der Waals surface area (Å²) in [6.45, 7) is 14.5. The van der Waals surface area contributed by atoms with Crippen molar-refractivity contribution in [3.8, 4) is 0 Å². The van der Waals surface area contributed by atoms with Crippen molar-refractivity contribution in [3.05, 3.63) is 12.7 Å². The third kappa shape index (κ3) is 4.49. The van der Waals surface area contributed by atoms with Gasteiger partial charge in [-0.2, -0.15) is 0 Å². The van der Waals surface area contributed by atoms with Gasteiger partial charge in [0.1, 0.15) is 0 Å². The number of allylic oxidation sites excluding steroid dienone is 1. The van der Waals surface area contributed by atoms with Gasteiger partial charge in [-0.05, 0) is 23.7 Å². The van der Waals surface area contributed by atoms with E-state index < -0.39 is 5.21 Å². The quantitative estimate of drug-likeness (QED) is 0.470. The van der Waals surface area contributed by atoms with Crippen molar-refractivity contribution in [1.29, 1.82) is 0 Å². The summed E-state index contributed by atoms with van der Waals surface area (Å²) in [5.41, 5.74) is -0.0604. The van der Waals surface area contributed by atoms with E-state index in [2.05, 4.69) is 41.2 Å². The Kier molecular flexibility index (Phi) is 5.23. The van der Waals surface area contributed by atoms with Gasteiger partial charge in [-0.25, -0.2) is 0 Å². The van der Waals surface area contributed by atoms with E-state index in [1.54, 1.807) is 0 Å². The summed E-state index contributed by atoms with van der Waals surface area (Å²) in [5.74, 6) is 1.12. The summed E-state index contributed by atoms with van der Waals surface area (Å²) < 4.78 is 0. The van der Waals surface area contributed by atoms with Gasteiger partial charge in [0.25, 0.3) is 0 Å². The third-order valence-electron chi connectivity index (χ3n) is 3.57. The molecule has 0 rings (SSSR count). The summed E-state index contributed by atoms with van der Waals surface area (Å²) in [4.78, 5) is 0. The zero-order chi connectivity index (χ0) is 12.3. The highest BCUT2D eigenvalue weighted by atomic mass is 14.3. The van der Waals surface area contributed by atoms with E-state index in [4.69, 9.17) is 15.7 Å². The minimum absolute atomic E-state index is 0.0604. The number of hydrogen-bond donors (Lipinski definition) is 0. The van der Waals surface area contributed by atoms with Gasteiger partial charge in [-0.15, -0.1) is 6.58 Å². The van der Waals surface area contributed by atoms with Gasteiger partial charge < -0.3 is 0 Å². The molecule has 0 aliphatic carbocycles. The Morgan fingerprint density at radius 2 is 1.60 bits per heavy atom. The maximum Gasteiger partial charge on any atom is 0.0627 e. The van der Waals surface area contributed by atoms with Gasteiger partial charge in [0.15, 0.2) is 0 Å². The monoisotopic (exact) mass is 202 g/mol. The molecule has 0 amide bonds. The van der Waals surface area contributed by atoms with Crippen molar-refractivity contribution >= 4 is 15.7 Å². The van der Waals surface area contributed by atoms with Crippen molar-refractivity contribution < 1.29 is 0 Å². The molecule has 0 bridgehead atoms. The maximum absolute atomic E-state index is 6.18. The molecule has 0 aromatic carbocycles. The predicted molar refractivity (Wildman–Crippen MR) is 71.4 cm³/mol. The minimum Gasteiger partial charge on any atom is -0.103 e. The summed E-state index contributed by atoms with van der Waals surface area (Å²) in [5, 5.41) is -0.595. The summed E-state index contributed by atoms with van der Waals surface area (Å²) in [6.07, 6.45) is 3.85. The third-order valence-corrected chi connectivity index (χ3v) is 3.57. The van der Waals surface area contributed by atoms with E-state index in [0.717, 1.165) is 12.8 Å². The molecule has 0 heterocycles. The van der Waals surface area contributed by atoms with Crippen LogP contribution in [0.25, 0.3) is 0 Å². The maximum atomic E-state index is 6.18. The zero-order valence-electron chi connectivity index (χ0n) is 11.0. The lowest BCUT2D eigenvalue weighted by molar-refractivity contribution is 0.259. The topological polar surface area (TPSA) is 0 Å². The van der Waals surface area contributed by atoms with E-state index in [9.17, 15) is 0 Å². The van der Waals surface area contributed by atoms with Crippen LogP contribution in [0.2, 0.25) is 5.21 Å². The molecule has 2 heteroatoms. The molecule has 0 N–H and O–H groups in total. The van der Waals surface area contributed by atoms with E-state index in [0.29, 0.717) is 11.8 Å². The molecular formula is C13H24B2. The first-order valence-electron chi connectivity index (χ1n) is 5.80. The fourth-order valence-corrected chi connectivity index (χ4v) is 1.54. The first-order valence-corrected chi connectivity index (χ1v) is 5.80. The highest BCUT2D eigenvalue weighted by molar-refractivity contribution is 6.40. The van der Waals surface area contributed by atoms with Crippen LogP contribution in [-0.4, -0.2) is 15.7 Å². The van der Waals surface area contributed by atoms with Crippen molar-refractivity contribution in [2.24, 2.45) is 17.3 Å². The van der Waals surface area contributed by atoms with Crippen LogP contribution in [0.5, 0.6) is 0 Å². The van der Waals surface area contributed by atoms with Gasteiger partial charge >= 0.3 is 0 Å². The molecule has 0 nitrogen and oxygen atoms in total. The van der Waals surface area contributed by atoms with Crippen LogP contribution in [0.15, 0.2) is 12.7 Å². The molecule has 82 valence electrons. The van der Waals surface area contributed by atoms with Crippen LogP contribution in [0.3, 0.4) is 0 Å². The molecule has 4 radical (unpaired) electrons. The smallest absolute Gasteiger partial charge is 0.0627 e. The number of rotatable bonds is 5. The van der Waals surface area contributed by atoms with Gasteiger partial charge in [0.2, 0.25) is 0 Å². The Labute approximate surface area is 98.7 Å². The van der Waals surface area contributed by atoms with E-state index in [1.165, 1.54) is 0 Å². The Morgan fingerprint density at radius 3 is 1.93 bits per heavy atom. The largest absolute Gasteiger partial charge is 0.103 e. The van der Waals surface area contributed by atoms with Crippen LogP contribution >= 0.6 is 0 Å². The van der Waals surface area contributed by atoms with E-state index in [-0.39, 0.29) is 5.41 Å². The van der Waals surface area contributed by atoms with E-state index in [1.807, 2.05) is 6.08 Å². The van der Waals surface area contributed by atoms with Crippen molar-refractivity contribution in [2.75, 3.05) is 0 Å². The van der Waals surface area contributed by atoms with Gasteiger partial charge in [0, 0.05) is 0 Å². The average molecular weight is 202 g/mol. The predicted octanol–water partition coefficient (Wildman–Crippen LogP) is 3.72. The normalized spacial score (nSPS) is 17.1. The first-order chi connectivity index (χ1) is 6.62. The summed E-state index contributed by atoms with van der Waals surface area (Å²) >= 11 is 0. The van der Waals surface area contributed by atoms with Crippen LogP contribution in [0.4, 0.5) is 0 Å². The highest BCUT2D eigenvalue weighted by Crippen LogP contribution is 2.45. The molecule has 0 fully saturated rings. The second-order valence-electron chi connectivity index (χ2n) is 5.97. The van der Waals surface area contributed by atoms with Gasteiger partial charge in [-0.1, -0.05) is 52.3 Å². The molecule has 0 saturated heterocycles. The fourth-order valence-electron chi connectivity index (χ4n) is 1.54. The van der Waals surface area contributed by atoms with Crippen LogP contribution in [-0.2, 0) is 0 Å². The molecule has 0 saturated carbocycles. The lowest BCUT2D eigenvalue weighted by Crippen LogP contribution is -2.32.